The zero-order chi connectivity index (χ0) is 11.0. The van der Waals surface area contributed by atoms with Crippen molar-refractivity contribution in [3.8, 4) is 0 Å². The van der Waals surface area contributed by atoms with Gasteiger partial charge in [0.15, 0.2) is 0 Å². The maximum atomic E-state index is 6.29. The van der Waals surface area contributed by atoms with E-state index in [-0.39, 0.29) is 5.54 Å². The van der Waals surface area contributed by atoms with Crippen LogP contribution in [0.4, 0.5) is 0 Å². The molecule has 0 unspecified atom stereocenters. The van der Waals surface area contributed by atoms with E-state index >= 15 is 0 Å². The Morgan fingerprint density at radius 3 is 2.31 bits per heavy atom. The van der Waals surface area contributed by atoms with Gasteiger partial charge in [-0.1, -0.05) is 12.1 Å². The minimum absolute atomic E-state index is 0.0250. The predicted octanol–water partition coefficient (Wildman–Crippen LogP) is 2.52. The molecule has 1 aliphatic heterocycles. The highest BCUT2D eigenvalue weighted by molar-refractivity contribution is 8.00. The van der Waals surface area contributed by atoms with Crippen LogP contribution in [0.3, 0.4) is 0 Å². The van der Waals surface area contributed by atoms with E-state index in [1.807, 2.05) is 11.8 Å². The molecule has 3 heteroatoms. The van der Waals surface area contributed by atoms with Crippen LogP contribution in [0.15, 0.2) is 29.2 Å². The lowest BCUT2D eigenvalue weighted by atomic mass is 9.73. The normalized spacial score (nSPS) is 23.6. The van der Waals surface area contributed by atoms with Crippen LogP contribution in [-0.2, 0) is 10.3 Å². The molecule has 1 saturated heterocycles. The van der Waals surface area contributed by atoms with Gasteiger partial charge in [0.1, 0.15) is 0 Å². The second kappa shape index (κ2) is 4.06. The molecule has 2 N–H and O–H groups in total. The quantitative estimate of drug-likeness (QED) is 0.874. The topological polar surface area (TPSA) is 35.2 Å². The van der Waals surface area contributed by atoms with Gasteiger partial charge in [0, 0.05) is 10.4 Å². The third kappa shape index (κ3) is 1.88. The van der Waals surface area contributed by atoms with Gasteiger partial charge in [-0.2, -0.15) is 0 Å². The van der Waals surface area contributed by atoms with Crippen molar-refractivity contribution in [1.82, 2.24) is 0 Å². The molecule has 0 bridgehead atoms. The maximum absolute atomic E-state index is 6.29. The molecule has 0 spiro atoms. The second-order valence-corrected chi connectivity index (χ2v) is 6.19. The van der Waals surface area contributed by atoms with Crippen molar-refractivity contribution in [1.29, 1.82) is 0 Å². The lowest BCUT2D eigenvalue weighted by molar-refractivity contribution is 0.0455. The molecule has 16 heavy (non-hydrogen) atoms. The number of ether oxygens (including phenoxy) is 1. The Morgan fingerprint density at radius 1 is 1.19 bits per heavy atom. The van der Waals surface area contributed by atoms with Crippen molar-refractivity contribution < 1.29 is 4.74 Å². The number of benzene rings is 1. The Labute approximate surface area is 101 Å². The van der Waals surface area contributed by atoms with E-state index in [1.165, 1.54) is 16.9 Å². The number of rotatable bonds is 3. The molecule has 1 aromatic rings. The van der Waals surface area contributed by atoms with Crippen LogP contribution in [0.2, 0.25) is 0 Å². The number of nitrogens with two attached hydrogens (primary N) is 1. The van der Waals surface area contributed by atoms with E-state index in [1.54, 1.807) is 0 Å². The smallest absolute Gasteiger partial charge is 0.0611 e. The van der Waals surface area contributed by atoms with Crippen LogP contribution in [0.25, 0.3) is 0 Å². The summed E-state index contributed by atoms with van der Waals surface area (Å²) in [5, 5.41) is 0.654. The molecule has 1 heterocycles. The number of hydrogen-bond donors (Lipinski definition) is 1. The van der Waals surface area contributed by atoms with Gasteiger partial charge in [-0.3, -0.25) is 0 Å². The van der Waals surface area contributed by atoms with E-state index in [9.17, 15) is 0 Å². The largest absolute Gasteiger partial charge is 0.379 e. The summed E-state index contributed by atoms with van der Waals surface area (Å²) < 4.78 is 5.17. The average molecular weight is 235 g/mol. The Balaban J connectivity index is 1.69. The molecule has 3 rings (SSSR count). The molecule has 1 aromatic carbocycles. The van der Waals surface area contributed by atoms with E-state index in [4.69, 9.17) is 10.5 Å². The summed E-state index contributed by atoms with van der Waals surface area (Å²) >= 11 is 1.91. The van der Waals surface area contributed by atoms with Gasteiger partial charge in [-0.05, 0) is 37.0 Å². The van der Waals surface area contributed by atoms with Gasteiger partial charge in [-0.25, -0.2) is 0 Å². The van der Waals surface area contributed by atoms with Crippen molar-refractivity contribution in [3.63, 3.8) is 0 Å². The third-order valence-corrected chi connectivity index (χ3v) is 4.74. The summed E-state index contributed by atoms with van der Waals surface area (Å²) in [6.45, 7) is 1.79. The molecular weight excluding hydrogens is 218 g/mol. The van der Waals surface area contributed by atoms with Crippen LogP contribution in [0, 0.1) is 0 Å². The fourth-order valence-corrected chi connectivity index (χ4v) is 3.19. The van der Waals surface area contributed by atoms with Crippen LogP contribution in [0.1, 0.15) is 24.8 Å². The van der Waals surface area contributed by atoms with Gasteiger partial charge in [0.25, 0.3) is 0 Å². The zero-order valence-electron chi connectivity index (χ0n) is 9.32. The maximum Gasteiger partial charge on any atom is 0.0611 e. The molecular formula is C13H17NOS. The molecule has 0 radical (unpaired) electrons. The van der Waals surface area contributed by atoms with E-state index in [0.717, 1.165) is 26.1 Å². The molecule has 0 amide bonds. The van der Waals surface area contributed by atoms with Crippen molar-refractivity contribution in [3.05, 3.63) is 29.8 Å². The summed E-state index contributed by atoms with van der Waals surface area (Å²) in [6.07, 6.45) is 3.54. The standard InChI is InChI=1S/C13H17NOS/c14-13(6-1-7-13)10-2-4-11(5-3-10)16-12-8-15-9-12/h2-5,12H,1,6-9,14H2. The van der Waals surface area contributed by atoms with Crippen molar-refractivity contribution in [2.24, 2.45) is 5.73 Å². The second-order valence-electron chi connectivity index (χ2n) is 4.81. The number of thioether (sulfide) groups is 1. The van der Waals surface area contributed by atoms with Crippen LogP contribution < -0.4 is 5.73 Å². The third-order valence-electron chi connectivity index (χ3n) is 3.59. The van der Waals surface area contributed by atoms with Crippen molar-refractivity contribution in [2.45, 2.75) is 34.9 Å². The molecule has 0 aromatic heterocycles. The summed E-state index contributed by atoms with van der Waals surface area (Å²) in [5.74, 6) is 0. The highest BCUT2D eigenvalue weighted by Gasteiger charge is 2.34. The minimum atomic E-state index is -0.0250. The first-order valence-electron chi connectivity index (χ1n) is 5.90. The average Bonchev–Trinajstić information content (AvgIpc) is 2.21. The number of hydrogen-bond acceptors (Lipinski definition) is 3. The molecule has 2 fully saturated rings. The van der Waals surface area contributed by atoms with Gasteiger partial charge < -0.3 is 10.5 Å². The first kappa shape index (κ1) is 10.6. The monoisotopic (exact) mass is 235 g/mol. The molecule has 86 valence electrons. The Kier molecular flexibility index (Phi) is 2.70. The van der Waals surface area contributed by atoms with Crippen LogP contribution >= 0.6 is 11.8 Å². The van der Waals surface area contributed by atoms with Gasteiger partial charge >= 0.3 is 0 Å². The summed E-state index contributed by atoms with van der Waals surface area (Å²) in [6, 6.07) is 8.79. The highest BCUT2D eigenvalue weighted by atomic mass is 32.2. The summed E-state index contributed by atoms with van der Waals surface area (Å²) in [7, 11) is 0. The molecule has 1 aliphatic carbocycles. The van der Waals surface area contributed by atoms with E-state index in [2.05, 4.69) is 24.3 Å². The first-order chi connectivity index (χ1) is 7.76. The first-order valence-corrected chi connectivity index (χ1v) is 6.78. The molecule has 2 aliphatic rings. The van der Waals surface area contributed by atoms with Crippen LogP contribution in [0.5, 0.6) is 0 Å². The predicted molar refractivity (Wildman–Crippen MR) is 66.6 cm³/mol. The fraction of sp³-hybridized carbons (Fsp3) is 0.538. The van der Waals surface area contributed by atoms with E-state index < -0.39 is 0 Å². The van der Waals surface area contributed by atoms with Crippen molar-refractivity contribution >= 4 is 11.8 Å². The molecule has 2 nitrogen and oxygen atoms in total. The van der Waals surface area contributed by atoms with Gasteiger partial charge in [0.05, 0.1) is 18.5 Å². The van der Waals surface area contributed by atoms with Gasteiger partial charge in [0.2, 0.25) is 0 Å². The van der Waals surface area contributed by atoms with Gasteiger partial charge in [-0.15, -0.1) is 11.8 Å². The lowest BCUT2D eigenvalue weighted by Crippen LogP contribution is -2.43. The SMILES string of the molecule is NC1(c2ccc(SC3COC3)cc2)CCC1. The fourth-order valence-electron chi connectivity index (χ4n) is 2.19. The Hall–Kier alpha value is -0.510. The zero-order valence-corrected chi connectivity index (χ0v) is 10.1. The van der Waals surface area contributed by atoms with Crippen molar-refractivity contribution in [2.75, 3.05) is 13.2 Å². The lowest BCUT2D eigenvalue weighted by Gasteiger charge is -2.38. The van der Waals surface area contributed by atoms with E-state index in [0.29, 0.717) is 5.25 Å². The molecule has 0 atom stereocenters. The summed E-state index contributed by atoms with van der Waals surface area (Å²) in [4.78, 5) is 1.33. The van der Waals surface area contributed by atoms with Crippen LogP contribution in [-0.4, -0.2) is 18.5 Å². The Morgan fingerprint density at radius 2 is 1.88 bits per heavy atom. The molecule has 1 saturated carbocycles. The minimum Gasteiger partial charge on any atom is -0.379 e. The Bertz CT molecular complexity index is 368. The summed E-state index contributed by atoms with van der Waals surface area (Å²) in [5.41, 5.74) is 7.56. The highest BCUT2D eigenvalue weighted by Crippen LogP contribution is 2.39.